The first-order valence-corrected chi connectivity index (χ1v) is 18.5. The van der Waals surface area contributed by atoms with Crippen molar-refractivity contribution >= 4 is 27.7 Å². The monoisotopic (exact) mass is 690 g/mol. The molecule has 2 rings (SSSR count). The van der Waals surface area contributed by atoms with Gasteiger partial charge in [0, 0.05) is 25.0 Å². The lowest BCUT2D eigenvalue weighted by Gasteiger charge is -2.24. The Morgan fingerprint density at radius 3 is 1.83 bits per heavy atom. The van der Waals surface area contributed by atoms with Gasteiger partial charge in [-0.2, -0.15) is 0 Å². The lowest BCUT2D eigenvalue weighted by molar-refractivity contribution is -0.125. The van der Waals surface area contributed by atoms with Crippen molar-refractivity contribution in [1.82, 2.24) is 26.0 Å². The highest BCUT2D eigenvalue weighted by molar-refractivity contribution is 7.88. The third-order valence-electron chi connectivity index (χ3n) is 7.43. The minimum absolute atomic E-state index is 0.0731. The summed E-state index contributed by atoms with van der Waals surface area (Å²) in [5.41, 5.74) is 8.00. The number of hydrogen-bond acceptors (Lipinski definition) is 7. The molecule has 12 heteroatoms. The average molecular weight is 691 g/mol. The van der Waals surface area contributed by atoms with Crippen LogP contribution >= 0.6 is 0 Å². The molecule has 11 nitrogen and oxygen atoms in total. The summed E-state index contributed by atoms with van der Waals surface area (Å²) in [6, 6.07) is 16.5. The topological polar surface area (TPSA) is 172 Å². The second kappa shape index (κ2) is 23.9. The molecule has 2 aromatic carbocycles. The molecule has 3 amide bonds. The Morgan fingerprint density at radius 2 is 1.31 bits per heavy atom. The van der Waals surface area contributed by atoms with Gasteiger partial charge in [0.2, 0.25) is 27.7 Å². The van der Waals surface area contributed by atoms with Crippen LogP contribution in [-0.4, -0.2) is 59.4 Å². The van der Waals surface area contributed by atoms with Gasteiger partial charge in [-0.15, -0.1) is 0 Å². The van der Waals surface area contributed by atoms with Crippen molar-refractivity contribution in [2.45, 2.75) is 98.4 Å². The van der Waals surface area contributed by atoms with E-state index >= 15 is 0 Å². The van der Waals surface area contributed by atoms with E-state index in [1.807, 2.05) is 45.2 Å². The van der Waals surface area contributed by atoms with E-state index < -0.39 is 22.5 Å². The Morgan fingerprint density at radius 1 is 0.729 bits per heavy atom. The fourth-order valence-electron chi connectivity index (χ4n) is 3.68. The molecular formula is C36H62N6O5S. The number of hydrogen-bond donors (Lipinski definition) is 6. The molecule has 7 N–H and O–H groups in total. The zero-order valence-electron chi connectivity index (χ0n) is 30.5. The zero-order valence-corrected chi connectivity index (χ0v) is 31.3. The molecule has 0 aromatic heterocycles. The van der Waals surface area contributed by atoms with Crippen molar-refractivity contribution in [1.29, 1.82) is 0 Å². The van der Waals surface area contributed by atoms with Crippen molar-refractivity contribution in [3.8, 4) is 0 Å². The number of amides is 3. The summed E-state index contributed by atoms with van der Waals surface area (Å²) in [4.78, 5) is 35.1. The van der Waals surface area contributed by atoms with Crippen LogP contribution in [0.2, 0.25) is 0 Å². The van der Waals surface area contributed by atoms with Gasteiger partial charge in [0.15, 0.2) is 0 Å². The Kier molecular flexibility index (Phi) is 22.3. The number of nitrogens with two attached hydrogens (primary N) is 1. The summed E-state index contributed by atoms with van der Waals surface area (Å²) in [6.07, 6.45) is 5.32. The normalized spacial score (nSPS) is 11.3. The van der Waals surface area contributed by atoms with Crippen molar-refractivity contribution in [3.05, 3.63) is 71.3 Å². The quantitative estimate of drug-likeness (QED) is 0.128. The Labute approximate surface area is 290 Å². The maximum Gasteiger partial charge on any atom is 0.239 e. The lowest BCUT2D eigenvalue weighted by Crippen LogP contribution is -2.42. The second-order valence-electron chi connectivity index (χ2n) is 12.9. The number of carbonyl (C=O) groups is 3. The molecule has 2 aromatic rings. The lowest BCUT2D eigenvalue weighted by atomic mass is 9.89. The number of carbonyl (C=O) groups excluding carboxylic acids is 3. The van der Waals surface area contributed by atoms with E-state index in [1.165, 1.54) is 12.8 Å². The number of nitrogens with one attached hydrogen (secondary N) is 5. The molecule has 0 aliphatic heterocycles. The molecule has 0 bridgehead atoms. The van der Waals surface area contributed by atoms with Crippen LogP contribution in [-0.2, 0) is 42.2 Å². The van der Waals surface area contributed by atoms with E-state index in [-0.39, 0.29) is 35.1 Å². The van der Waals surface area contributed by atoms with Crippen LogP contribution in [0, 0.1) is 5.41 Å². The van der Waals surface area contributed by atoms with E-state index in [0.29, 0.717) is 25.1 Å². The smallest absolute Gasteiger partial charge is 0.239 e. The second-order valence-corrected chi connectivity index (χ2v) is 14.7. The van der Waals surface area contributed by atoms with Crippen LogP contribution in [0.3, 0.4) is 0 Å². The molecule has 0 radical (unpaired) electrons. The predicted octanol–water partition coefficient (Wildman–Crippen LogP) is 4.08. The Bertz CT molecular complexity index is 1300. The molecule has 272 valence electrons. The van der Waals surface area contributed by atoms with Crippen molar-refractivity contribution in [2.75, 3.05) is 33.2 Å². The van der Waals surface area contributed by atoms with E-state index in [2.05, 4.69) is 60.6 Å². The average Bonchev–Trinajstić information content (AvgIpc) is 3.06. The fourth-order valence-corrected chi connectivity index (χ4v) is 4.77. The first kappa shape index (κ1) is 44.7. The van der Waals surface area contributed by atoms with Crippen molar-refractivity contribution in [3.63, 3.8) is 0 Å². The van der Waals surface area contributed by atoms with Gasteiger partial charge in [-0.05, 0) is 56.0 Å². The van der Waals surface area contributed by atoms with Crippen LogP contribution in [0.15, 0.2) is 54.6 Å². The third kappa shape index (κ3) is 21.5. The summed E-state index contributed by atoms with van der Waals surface area (Å²) >= 11 is 0. The minimum Gasteiger partial charge on any atom is -0.356 e. The molecular weight excluding hydrogens is 628 g/mol. The predicted molar refractivity (Wildman–Crippen MR) is 196 cm³/mol. The Balaban J connectivity index is 0.00000108. The number of rotatable bonds is 18. The molecule has 0 saturated carbocycles. The Hall–Kier alpha value is -3.32. The first-order chi connectivity index (χ1) is 22.5. The molecule has 0 unspecified atom stereocenters. The van der Waals surface area contributed by atoms with E-state index in [0.717, 1.165) is 30.5 Å². The maximum atomic E-state index is 12.0. The summed E-state index contributed by atoms with van der Waals surface area (Å²) in [6.45, 7) is 15.6. The molecule has 0 atom stereocenters. The highest BCUT2D eigenvalue weighted by Gasteiger charge is 2.20. The van der Waals surface area contributed by atoms with E-state index in [4.69, 9.17) is 5.73 Å². The van der Waals surface area contributed by atoms with Crippen LogP contribution < -0.4 is 31.7 Å². The van der Waals surface area contributed by atoms with Gasteiger partial charge in [0.25, 0.3) is 0 Å². The third-order valence-corrected chi connectivity index (χ3v) is 8.73. The molecule has 0 aliphatic carbocycles. The van der Waals surface area contributed by atoms with Crippen LogP contribution in [0.25, 0.3) is 0 Å². The standard InChI is InChI=1S/C22H30N4O4S.C10H22N2O.C4H10/c1-22(2,23-3)19-11-9-17(10-12-19)13-24-20(27)14-25-21(28)15-26-31(29,30)16-18-7-5-4-6-8-18;1-4-5-6-12-9(13)7-10(2,3)8-11;1-3-4-2/h4-12,23,26H,13-16H2,1-3H3,(H,24,27)(H,25,28);4-8,11H2,1-3H3,(H,12,13);3-4H2,1-2H3. The van der Waals surface area contributed by atoms with Gasteiger partial charge in [-0.25, -0.2) is 13.1 Å². The van der Waals surface area contributed by atoms with Gasteiger partial charge in [-0.1, -0.05) is 108 Å². The van der Waals surface area contributed by atoms with Crippen LogP contribution in [0.1, 0.15) is 97.3 Å². The number of unbranched alkanes of at least 4 members (excludes halogenated alkanes) is 2. The van der Waals surface area contributed by atoms with Crippen LogP contribution in [0.5, 0.6) is 0 Å². The highest BCUT2D eigenvalue weighted by Crippen LogP contribution is 2.19. The van der Waals surface area contributed by atoms with Gasteiger partial charge < -0.3 is 27.0 Å². The summed E-state index contributed by atoms with van der Waals surface area (Å²) in [7, 11) is -1.75. The molecule has 48 heavy (non-hydrogen) atoms. The number of sulfonamides is 1. The summed E-state index contributed by atoms with van der Waals surface area (Å²) in [5, 5.41) is 11.2. The molecule has 0 fully saturated rings. The molecule has 0 heterocycles. The highest BCUT2D eigenvalue weighted by atomic mass is 32.2. The molecule has 0 spiro atoms. The number of benzene rings is 2. The van der Waals surface area contributed by atoms with Crippen LogP contribution in [0.4, 0.5) is 0 Å². The van der Waals surface area contributed by atoms with E-state index in [9.17, 15) is 22.8 Å². The molecule has 0 saturated heterocycles. The summed E-state index contributed by atoms with van der Waals surface area (Å²) < 4.78 is 26.3. The zero-order chi connectivity index (χ0) is 36.6. The maximum absolute atomic E-state index is 12.0. The fraction of sp³-hybridized carbons (Fsp3) is 0.583. The summed E-state index contributed by atoms with van der Waals surface area (Å²) in [5.74, 6) is -1.04. The van der Waals surface area contributed by atoms with E-state index in [1.54, 1.807) is 30.3 Å². The van der Waals surface area contributed by atoms with Gasteiger partial charge in [0.05, 0.1) is 18.8 Å². The van der Waals surface area contributed by atoms with Gasteiger partial charge in [0.1, 0.15) is 0 Å². The van der Waals surface area contributed by atoms with Gasteiger partial charge >= 0.3 is 0 Å². The van der Waals surface area contributed by atoms with Crippen molar-refractivity contribution in [2.24, 2.45) is 11.1 Å². The largest absolute Gasteiger partial charge is 0.356 e. The SMILES string of the molecule is CCCC.CCCCNC(=O)CC(C)(C)CN.CNC(C)(C)c1ccc(CNC(=O)CNC(=O)CNS(=O)(=O)Cc2ccccc2)cc1. The minimum atomic E-state index is -3.65. The van der Waals surface area contributed by atoms with Gasteiger partial charge in [-0.3, -0.25) is 14.4 Å². The first-order valence-electron chi connectivity index (χ1n) is 16.8. The molecule has 0 aliphatic rings. The van der Waals surface area contributed by atoms with Crippen molar-refractivity contribution < 1.29 is 22.8 Å².